The Morgan fingerprint density at radius 1 is 1.16 bits per heavy atom. The highest BCUT2D eigenvalue weighted by Crippen LogP contribution is 2.23. The van der Waals surface area contributed by atoms with Crippen LogP contribution in [0.4, 0.5) is 8.63 Å². The van der Waals surface area contributed by atoms with E-state index in [4.69, 9.17) is 0 Å². The summed E-state index contributed by atoms with van der Waals surface area (Å²) < 4.78 is 29.1. The zero-order valence-corrected chi connectivity index (χ0v) is 10.3. The van der Waals surface area contributed by atoms with Gasteiger partial charge >= 0.3 is 7.47 Å². The molecule has 0 unspecified atom stereocenters. The maximum absolute atomic E-state index is 12.4. The number of carbonyl (C=O) groups excluding carboxylic acids is 1. The van der Waals surface area contributed by atoms with Crippen LogP contribution >= 0.6 is 0 Å². The van der Waals surface area contributed by atoms with Crippen LogP contribution in [-0.2, 0) is 9.45 Å². The molecule has 96 valence electrons. The Balaban J connectivity index is 2.46. The lowest BCUT2D eigenvalue weighted by Crippen LogP contribution is -2.05. The molecule has 2 rings (SSSR count). The molecule has 0 bridgehead atoms. The van der Waals surface area contributed by atoms with Gasteiger partial charge in [0.1, 0.15) is 5.76 Å². The summed E-state index contributed by atoms with van der Waals surface area (Å²) in [5, 5.41) is 1.89. The molecule has 0 radical (unpaired) electrons. The van der Waals surface area contributed by atoms with Crippen LogP contribution in [0.3, 0.4) is 0 Å². The molecule has 0 aliphatic heterocycles. The van der Waals surface area contributed by atoms with Crippen molar-refractivity contribution in [1.82, 2.24) is 0 Å². The van der Waals surface area contributed by atoms with E-state index in [1.54, 1.807) is 18.2 Å². The fourth-order valence-electron chi connectivity index (χ4n) is 1.81. The number of ketones is 1. The molecule has 2 nitrogen and oxygen atoms in total. The second-order valence-electron chi connectivity index (χ2n) is 4.06. The van der Waals surface area contributed by atoms with Crippen LogP contribution in [0.2, 0.25) is 0 Å². The predicted octanol–water partition coefficient (Wildman–Crippen LogP) is 3.71. The van der Waals surface area contributed by atoms with Gasteiger partial charge in [-0.05, 0) is 23.8 Å². The molecule has 2 aromatic rings. The molecule has 0 atom stereocenters. The summed E-state index contributed by atoms with van der Waals surface area (Å²) in [4.78, 5) is 11.1. The van der Waals surface area contributed by atoms with E-state index >= 15 is 0 Å². The fraction of sp³-hybridized carbons (Fsp3) is 0.0714. The van der Waals surface area contributed by atoms with Crippen LogP contribution in [0.1, 0.15) is 12.5 Å². The Labute approximate surface area is 109 Å². The molecule has 2 aromatic carbocycles. The van der Waals surface area contributed by atoms with Gasteiger partial charge < -0.3 is 4.65 Å². The van der Waals surface area contributed by atoms with Crippen molar-refractivity contribution >= 4 is 29.8 Å². The molecule has 0 N–H and O–H groups in total. The van der Waals surface area contributed by atoms with Crippen molar-refractivity contribution < 1.29 is 18.1 Å². The third kappa shape index (κ3) is 3.41. The van der Waals surface area contributed by atoms with Gasteiger partial charge in [-0.1, -0.05) is 36.4 Å². The fourth-order valence-corrected chi connectivity index (χ4v) is 1.81. The Morgan fingerprint density at radius 3 is 2.47 bits per heavy atom. The highest BCUT2D eigenvalue weighted by atomic mass is 19.2. The minimum Gasteiger partial charge on any atom is -0.505 e. The normalized spacial score (nSPS) is 11.4. The van der Waals surface area contributed by atoms with Gasteiger partial charge in [0.05, 0.1) is 0 Å². The summed E-state index contributed by atoms with van der Waals surface area (Å²) in [6.07, 6.45) is 1.07. The maximum atomic E-state index is 12.4. The van der Waals surface area contributed by atoms with E-state index in [0.29, 0.717) is 5.56 Å². The van der Waals surface area contributed by atoms with Crippen LogP contribution < -0.4 is 0 Å². The number of fused-ring (bicyclic) bond motifs is 1. The van der Waals surface area contributed by atoms with E-state index in [-0.39, 0.29) is 11.5 Å². The Hall–Kier alpha value is -2.17. The van der Waals surface area contributed by atoms with E-state index < -0.39 is 7.47 Å². The van der Waals surface area contributed by atoms with Gasteiger partial charge in [-0.3, -0.25) is 4.79 Å². The largest absolute Gasteiger partial charge is 0.796 e. The minimum atomic E-state index is -2.96. The van der Waals surface area contributed by atoms with E-state index in [1.807, 2.05) is 24.3 Å². The van der Waals surface area contributed by atoms with Crippen molar-refractivity contribution in [2.45, 2.75) is 6.92 Å². The molecule has 0 saturated carbocycles. The summed E-state index contributed by atoms with van der Waals surface area (Å²) in [6.45, 7) is 1.29. The second kappa shape index (κ2) is 5.65. The first-order valence-electron chi connectivity index (χ1n) is 5.72. The summed E-state index contributed by atoms with van der Waals surface area (Å²) in [6, 6.07) is 12.7. The van der Waals surface area contributed by atoms with E-state index in [2.05, 4.69) is 4.65 Å². The van der Waals surface area contributed by atoms with E-state index in [9.17, 15) is 13.4 Å². The van der Waals surface area contributed by atoms with Gasteiger partial charge in [0.15, 0.2) is 5.78 Å². The molecule has 0 spiro atoms. The zero-order valence-electron chi connectivity index (χ0n) is 10.3. The third-order valence-corrected chi connectivity index (χ3v) is 2.58. The number of hydrogen-bond donors (Lipinski definition) is 0. The summed E-state index contributed by atoms with van der Waals surface area (Å²) >= 11 is 0. The van der Waals surface area contributed by atoms with Gasteiger partial charge in [-0.25, -0.2) is 8.63 Å². The van der Waals surface area contributed by atoms with E-state index in [1.165, 1.54) is 6.92 Å². The maximum Gasteiger partial charge on any atom is 0.796 e. The monoisotopic (exact) mass is 260 g/mol. The smallest absolute Gasteiger partial charge is 0.505 e. The standard InChI is InChI=1S/C14H11BF2O2/c1-10(18)8-14(19-15(16)17)13-7-6-11-4-2-3-5-12(11)9-13/h2-9H,1H3. The molecule has 0 fully saturated rings. The second-order valence-corrected chi connectivity index (χ2v) is 4.06. The summed E-state index contributed by atoms with van der Waals surface area (Å²) in [5.41, 5.74) is 0.453. The lowest BCUT2D eigenvalue weighted by atomic mass is 10.0. The molecular formula is C14H11BF2O2. The van der Waals surface area contributed by atoms with Crippen LogP contribution in [0.5, 0.6) is 0 Å². The quantitative estimate of drug-likeness (QED) is 0.476. The third-order valence-electron chi connectivity index (χ3n) is 2.58. The first kappa shape index (κ1) is 13.3. The number of carbonyl (C=O) groups is 1. The van der Waals surface area contributed by atoms with Gasteiger partial charge in [0, 0.05) is 11.6 Å². The van der Waals surface area contributed by atoms with Crippen molar-refractivity contribution in [3.63, 3.8) is 0 Å². The molecule has 5 heteroatoms. The summed E-state index contributed by atoms with van der Waals surface area (Å²) in [5.74, 6) is -0.461. The molecule has 0 aromatic heterocycles. The first-order valence-corrected chi connectivity index (χ1v) is 5.72. The van der Waals surface area contributed by atoms with Crippen LogP contribution in [0, 0.1) is 0 Å². The molecule has 0 aliphatic carbocycles. The number of halogens is 2. The van der Waals surface area contributed by atoms with Crippen molar-refractivity contribution in [2.24, 2.45) is 0 Å². The first-order chi connectivity index (χ1) is 9.06. The van der Waals surface area contributed by atoms with Gasteiger partial charge in [0.2, 0.25) is 0 Å². The number of rotatable bonds is 4. The van der Waals surface area contributed by atoms with E-state index in [0.717, 1.165) is 16.8 Å². The topological polar surface area (TPSA) is 26.3 Å². The minimum absolute atomic E-state index is 0.117. The molecular weight excluding hydrogens is 249 g/mol. The number of hydrogen-bond acceptors (Lipinski definition) is 2. The molecule has 0 saturated heterocycles. The van der Waals surface area contributed by atoms with Crippen molar-refractivity contribution in [3.05, 3.63) is 54.1 Å². The predicted molar refractivity (Wildman–Crippen MR) is 71.7 cm³/mol. The number of allylic oxidation sites excluding steroid dienone is 1. The number of benzene rings is 2. The Bertz CT molecular complexity index is 638. The SMILES string of the molecule is CC(=O)C=C(OB(F)F)c1ccc2ccccc2c1. The van der Waals surface area contributed by atoms with Gasteiger partial charge in [0.25, 0.3) is 0 Å². The lowest BCUT2D eigenvalue weighted by molar-refractivity contribution is -0.112. The van der Waals surface area contributed by atoms with Crippen molar-refractivity contribution in [1.29, 1.82) is 0 Å². The highest BCUT2D eigenvalue weighted by molar-refractivity contribution is 6.36. The van der Waals surface area contributed by atoms with Crippen molar-refractivity contribution in [2.75, 3.05) is 0 Å². The summed E-state index contributed by atoms with van der Waals surface area (Å²) in [7, 11) is -2.96. The Kier molecular flexibility index (Phi) is 3.95. The average molecular weight is 260 g/mol. The van der Waals surface area contributed by atoms with Crippen molar-refractivity contribution in [3.8, 4) is 0 Å². The van der Waals surface area contributed by atoms with Gasteiger partial charge in [-0.2, -0.15) is 0 Å². The molecule has 0 aliphatic rings. The lowest BCUT2D eigenvalue weighted by Gasteiger charge is -2.09. The van der Waals surface area contributed by atoms with Crippen LogP contribution in [0.15, 0.2) is 48.5 Å². The average Bonchev–Trinajstić information content (AvgIpc) is 2.36. The molecule has 0 heterocycles. The Morgan fingerprint density at radius 2 is 1.84 bits per heavy atom. The van der Waals surface area contributed by atoms with Crippen LogP contribution in [-0.4, -0.2) is 13.3 Å². The molecule has 0 amide bonds. The van der Waals surface area contributed by atoms with Gasteiger partial charge in [-0.15, -0.1) is 0 Å². The zero-order chi connectivity index (χ0) is 13.8. The highest BCUT2D eigenvalue weighted by Gasteiger charge is 2.20. The molecule has 19 heavy (non-hydrogen) atoms. The van der Waals surface area contributed by atoms with Crippen LogP contribution in [0.25, 0.3) is 16.5 Å².